The van der Waals surface area contributed by atoms with Crippen molar-refractivity contribution in [2.45, 2.75) is 19.8 Å². The predicted octanol–water partition coefficient (Wildman–Crippen LogP) is 3.90. The van der Waals surface area contributed by atoms with Gasteiger partial charge in [0, 0.05) is 62.6 Å². The molecular formula is C23H31IN6. The number of aromatic amines is 1. The molecule has 2 aromatic heterocycles. The lowest BCUT2D eigenvalue weighted by molar-refractivity contribution is 0.371. The molecule has 1 aromatic carbocycles. The van der Waals surface area contributed by atoms with Crippen molar-refractivity contribution in [3.63, 3.8) is 0 Å². The molecule has 4 rings (SSSR count). The number of H-pyrrole nitrogens is 1. The highest BCUT2D eigenvalue weighted by Gasteiger charge is 2.20. The van der Waals surface area contributed by atoms with Gasteiger partial charge in [0.15, 0.2) is 5.96 Å². The molecule has 0 bridgehead atoms. The van der Waals surface area contributed by atoms with E-state index in [1.165, 1.54) is 16.5 Å². The van der Waals surface area contributed by atoms with E-state index in [1.54, 1.807) is 0 Å². The first-order valence-electron chi connectivity index (χ1n) is 10.6. The maximum atomic E-state index is 4.90. The molecular weight excluding hydrogens is 487 g/mol. The lowest BCUT2D eigenvalue weighted by Crippen LogP contribution is -2.52. The molecule has 0 saturated carbocycles. The Kier molecular flexibility index (Phi) is 8.36. The average Bonchev–Trinajstić information content (AvgIpc) is 3.20. The first-order valence-corrected chi connectivity index (χ1v) is 10.6. The summed E-state index contributed by atoms with van der Waals surface area (Å²) in [6.45, 7) is 7.72. The van der Waals surface area contributed by atoms with E-state index in [9.17, 15) is 0 Å². The number of rotatable bonds is 6. The van der Waals surface area contributed by atoms with Crippen molar-refractivity contribution in [1.29, 1.82) is 0 Å². The zero-order valence-corrected chi connectivity index (χ0v) is 19.9. The minimum atomic E-state index is 0. The van der Waals surface area contributed by atoms with Crippen molar-refractivity contribution in [2.24, 2.45) is 4.99 Å². The summed E-state index contributed by atoms with van der Waals surface area (Å²) in [6, 6.07) is 14.6. The Morgan fingerprint density at radius 1 is 1.10 bits per heavy atom. The minimum absolute atomic E-state index is 0. The van der Waals surface area contributed by atoms with Crippen LogP contribution in [-0.2, 0) is 6.42 Å². The summed E-state index contributed by atoms with van der Waals surface area (Å²) in [4.78, 5) is 17.5. The first kappa shape index (κ1) is 22.4. The summed E-state index contributed by atoms with van der Waals surface area (Å²) in [7, 11) is 0. The van der Waals surface area contributed by atoms with Gasteiger partial charge in [0.1, 0.15) is 5.82 Å². The molecule has 2 N–H and O–H groups in total. The summed E-state index contributed by atoms with van der Waals surface area (Å²) in [5, 5.41) is 4.79. The largest absolute Gasteiger partial charge is 0.361 e. The van der Waals surface area contributed by atoms with Gasteiger partial charge >= 0.3 is 0 Å². The molecule has 0 unspecified atom stereocenters. The first-order chi connectivity index (χ1) is 14.3. The summed E-state index contributed by atoms with van der Waals surface area (Å²) >= 11 is 0. The number of hydrogen-bond acceptors (Lipinski definition) is 3. The number of para-hydroxylation sites is 1. The van der Waals surface area contributed by atoms with Crippen molar-refractivity contribution in [1.82, 2.24) is 20.2 Å². The monoisotopic (exact) mass is 518 g/mol. The van der Waals surface area contributed by atoms with E-state index in [0.717, 1.165) is 63.9 Å². The molecule has 1 aliphatic heterocycles. The molecule has 0 radical (unpaired) electrons. The quantitative estimate of drug-likeness (QED) is 0.225. The number of nitrogens with one attached hydrogen (secondary N) is 2. The van der Waals surface area contributed by atoms with Crippen LogP contribution in [0.3, 0.4) is 0 Å². The molecule has 1 aliphatic rings. The maximum absolute atomic E-state index is 4.90. The van der Waals surface area contributed by atoms with E-state index in [4.69, 9.17) is 4.99 Å². The van der Waals surface area contributed by atoms with Crippen LogP contribution in [0.4, 0.5) is 5.82 Å². The van der Waals surface area contributed by atoms with Gasteiger partial charge in [-0.1, -0.05) is 24.3 Å². The van der Waals surface area contributed by atoms with Gasteiger partial charge in [-0.2, -0.15) is 0 Å². The Labute approximate surface area is 195 Å². The topological polar surface area (TPSA) is 59.6 Å². The van der Waals surface area contributed by atoms with E-state index < -0.39 is 0 Å². The number of nitrogens with zero attached hydrogens (tertiary/aromatic N) is 4. The maximum Gasteiger partial charge on any atom is 0.194 e. The molecule has 3 heterocycles. The van der Waals surface area contributed by atoms with E-state index in [0.29, 0.717) is 0 Å². The highest BCUT2D eigenvalue weighted by atomic mass is 127. The van der Waals surface area contributed by atoms with Crippen LogP contribution in [0.2, 0.25) is 0 Å². The number of aliphatic imine (C=N–C) groups is 1. The van der Waals surface area contributed by atoms with E-state index in [-0.39, 0.29) is 24.0 Å². The van der Waals surface area contributed by atoms with Crippen molar-refractivity contribution >= 4 is 46.7 Å². The van der Waals surface area contributed by atoms with Crippen LogP contribution in [0.1, 0.15) is 18.9 Å². The summed E-state index contributed by atoms with van der Waals surface area (Å²) in [5.74, 6) is 2.10. The lowest BCUT2D eigenvalue weighted by atomic mass is 10.1. The molecule has 0 atom stereocenters. The Hall–Kier alpha value is -2.29. The fraction of sp³-hybridized carbons (Fsp3) is 0.391. The minimum Gasteiger partial charge on any atom is -0.361 e. The van der Waals surface area contributed by atoms with E-state index in [2.05, 4.69) is 68.5 Å². The van der Waals surface area contributed by atoms with Gasteiger partial charge in [-0.05, 0) is 43.5 Å². The molecule has 6 nitrogen and oxygen atoms in total. The van der Waals surface area contributed by atoms with Gasteiger partial charge in [0.25, 0.3) is 0 Å². The molecule has 30 heavy (non-hydrogen) atoms. The zero-order chi connectivity index (χ0) is 19.9. The van der Waals surface area contributed by atoms with Crippen LogP contribution in [0.15, 0.2) is 59.9 Å². The van der Waals surface area contributed by atoms with Crippen LogP contribution in [-0.4, -0.2) is 60.1 Å². The molecule has 160 valence electrons. The third-order valence-corrected chi connectivity index (χ3v) is 5.43. The average molecular weight is 518 g/mol. The number of hydrogen-bond donors (Lipinski definition) is 2. The van der Waals surface area contributed by atoms with Gasteiger partial charge in [0.05, 0.1) is 0 Å². The third-order valence-electron chi connectivity index (χ3n) is 5.43. The normalized spacial score (nSPS) is 14.6. The number of fused-ring (bicyclic) bond motifs is 1. The summed E-state index contributed by atoms with van der Waals surface area (Å²) in [5.41, 5.74) is 2.59. The van der Waals surface area contributed by atoms with Crippen molar-refractivity contribution in [3.05, 3.63) is 60.4 Å². The van der Waals surface area contributed by atoms with Crippen LogP contribution in [0, 0.1) is 0 Å². The SMILES string of the molecule is CCNC(=NCCCc1c[nH]c2ccccc12)N1CCN(c2ccccn2)CC1.I. The number of piperazine rings is 1. The predicted molar refractivity (Wildman–Crippen MR) is 136 cm³/mol. The van der Waals surface area contributed by atoms with Gasteiger partial charge in [-0.15, -0.1) is 24.0 Å². The van der Waals surface area contributed by atoms with Gasteiger partial charge < -0.3 is 20.1 Å². The molecule has 1 saturated heterocycles. The third kappa shape index (κ3) is 5.44. The molecule has 7 heteroatoms. The Balaban J connectivity index is 0.00000256. The standard InChI is InChI=1S/C23H30N6.HI/c1-2-24-23(29-16-14-28(15-17-29)22-11-5-6-12-25-22)26-13-7-8-19-18-27-21-10-4-3-9-20(19)21;/h3-6,9-12,18,27H,2,7-8,13-17H2,1H3,(H,24,26);1H. The van der Waals surface area contributed by atoms with Crippen molar-refractivity contribution < 1.29 is 0 Å². The highest BCUT2D eigenvalue weighted by molar-refractivity contribution is 14.0. The fourth-order valence-electron chi connectivity index (χ4n) is 3.91. The zero-order valence-electron chi connectivity index (χ0n) is 17.6. The number of anilines is 1. The van der Waals surface area contributed by atoms with Crippen molar-refractivity contribution in [3.8, 4) is 0 Å². The van der Waals surface area contributed by atoms with Crippen molar-refractivity contribution in [2.75, 3.05) is 44.2 Å². The second-order valence-electron chi connectivity index (χ2n) is 7.36. The second-order valence-corrected chi connectivity index (χ2v) is 7.36. The van der Waals surface area contributed by atoms with Gasteiger partial charge in [-0.25, -0.2) is 4.98 Å². The highest BCUT2D eigenvalue weighted by Crippen LogP contribution is 2.19. The molecule has 1 fully saturated rings. The van der Waals surface area contributed by atoms with Crippen LogP contribution < -0.4 is 10.2 Å². The summed E-state index contributed by atoms with van der Waals surface area (Å²) in [6.07, 6.45) is 6.09. The van der Waals surface area contributed by atoms with E-state index in [1.807, 2.05) is 18.3 Å². The molecule has 0 spiro atoms. The Bertz CT molecular complexity index is 931. The number of pyridine rings is 1. The van der Waals surface area contributed by atoms with Gasteiger partial charge in [-0.3, -0.25) is 4.99 Å². The fourth-order valence-corrected chi connectivity index (χ4v) is 3.91. The number of benzene rings is 1. The molecule has 3 aromatic rings. The van der Waals surface area contributed by atoms with E-state index >= 15 is 0 Å². The van der Waals surface area contributed by atoms with Crippen LogP contribution >= 0.6 is 24.0 Å². The van der Waals surface area contributed by atoms with Crippen LogP contribution in [0.25, 0.3) is 10.9 Å². The number of aromatic nitrogens is 2. The number of halogens is 1. The Morgan fingerprint density at radius 2 is 1.90 bits per heavy atom. The van der Waals surface area contributed by atoms with Gasteiger partial charge in [0.2, 0.25) is 0 Å². The summed E-state index contributed by atoms with van der Waals surface area (Å²) < 4.78 is 0. The van der Waals surface area contributed by atoms with Crippen LogP contribution in [0.5, 0.6) is 0 Å². The number of aryl methyl sites for hydroxylation is 1. The second kappa shape index (κ2) is 11.2. The lowest BCUT2D eigenvalue weighted by Gasteiger charge is -2.37. The molecule has 0 aliphatic carbocycles. The molecule has 0 amide bonds. The Morgan fingerprint density at radius 3 is 2.67 bits per heavy atom. The number of guanidine groups is 1. The smallest absolute Gasteiger partial charge is 0.194 e.